The molecule has 5 heteroatoms. The molecular weight excluding hydrogens is 292 g/mol. The molecule has 0 radical (unpaired) electrons. The van der Waals surface area contributed by atoms with Gasteiger partial charge in [0.25, 0.3) is 0 Å². The van der Waals surface area contributed by atoms with Gasteiger partial charge in [-0.2, -0.15) is 0 Å². The van der Waals surface area contributed by atoms with Crippen LogP contribution >= 0.6 is 0 Å². The zero-order chi connectivity index (χ0) is 15.9. The lowest BCUT2D eigenvalue weighted by atomic mass is 9.49. The zero-order valence-corrected chi connectivity index (χ0v) is 13.4. The molecule has 1 saturated heterocycles. The highest BCUT2D eigenvalue weighted by atomic mass is 16.3. The third-order valence-corrected chi connectivity index (χ3v) is 7.64. The van der Waals surface area contributed by atoms with Gasteiger partial charge in [-0.15, -0.1) is 0 Å². The van der Waals surface area contributed by atoms with E-state index in [9.17, 15) is 14.7 Å². The molecule has 5 nitrogen and oxygen atoms in total. The van der Waals surface area contributed by atoms with Gasteiger partial charge in [-0.3, -0.25) is 4.79 Å². The van der Waals surface area contributed by atoms with Gasteiger partial charge in [0.05, 0.1) is 17.7 Å². The van der Waals surface area contributed by atoms with E-state index in [1.807, 2.05) is 0 Å². The molecule has 6 atom stereocenters. The predicted octanol–water partition coefficient (Wildman–Crippen LogP) is 0.547. The van der Waals surface area contributed by atoms with Crippen LogP contribution in [-0.4, -0.2) is 46.4 Å². The maximum atomic E-state index is 13.0. The minimum Gasteiger partial charge on any atom is -0.390 e. The number of rotatable bonds is 3. The van der Waals surface area contributed by atoms with Crippen LogP contribution in [0.25, 0.3) is 0 Å². The fourth-order valence-electron chi connectivity index (χ4n) is 6.88. The van der Waals surface area contributed by atoms with Crippen molar-refractivity contribution in [3.63, 3.8) is 0 Å². The number of carbonyl (C=O) groups excluding carboxylic acids is 2. The van der Waals surface area contributed by atoms with E-state index in [1.165, 1.54) is 0 Å². The summed E-state index contributed by atoms with van der Waals surface area (Å²) in [7, 11) is 0. The number of hydrogen-bond donors (Lipinski definition) is 2. The molecular formula is C18H26N2O3. The number of fused-ring (bicyclic) bond motifs is 1. The number of nitrogens with two attached hydrogens (primary N) is 1. The van der Waals surface area contributed by atoms with Crippen LogP contribution in [0.15, 0.2) is 0 Å². The van der Waals surface area contributed by atoms with Crippen molar-refractivity contribution < 1.29 is 14.7 Å². The van der Waals surface area contributed by atoms with Crippen molar-refractivity contribution in [2.24, 2.45) is 41.2 Å². The summed E-state index contributed by atoms with van der Waals surface area (Å²) in [5.74, 6) is 2.50. The Hall–Kier alpha value is -0.940. The van der Waals surface area contributed by atoms with Crippen LogP contribution in [0.1, 0.15) is 38.5 Å². The molecule has 0 aromatic heterocycles. The van der Waals surface area contributed by atoms with E-state index in [4.69, 9.17) is 5.73 Å². The van der Waals surface area contributed by atoms with Gasteiger partial charge in [-0.25, -0.2) is 0 Å². The Kier molecular flexibility index (Phi) is 2.86. The Morgan fingerprint density at radius 2 is 1.87 bits per heavy atom. The number of carbonyl (C=O) groups is 2. The van der Waals surface area contributed by atoms with Gasteiger partial charge in [0.1, 0.15) is 6.29 Å². The maximum absolute atomic E-state index is 13.0. The Bertz CT molecular complexity index is 548. The van der Waals surface area contributed by atoms with Crippen molar-refractivity contribution in [2.75, 3.05) is 6.54 Å². The van der Waals surface area contributed by atoms with Crippen LogP contribution < -0.4 is 5.73 Å². The smallest absolute Gasteiger partial charge is 0.240 e. The van der Waals surface area contributed by atoms with E-state index < -0.39 is 11.6 Å². The van der Waals surface area contributed by atoms with Crippen LogP contribution in [-0.2, 0) is 9.59 Å². The summed E-state index contributed by atoms with van der Waals surface area (Å²) in [6.07, 6.45) is 6.84. The SMILES string of the molecule is NC(C(=O)N1CC2CC2C1C=O)C1C2CC3CC1CC(O)(C3)C2. The van der Waals surface area contributed by atoms with Crippen molar-refractivity contribution in [3.05, 3.63) is 0 Å². The third kappa shape index (κ3) is 1.99. The molecule has 0 aromatic carbocycles. The lowest BCUT2D eigenvalue weighted by molar-refractivity contribution is -0.165. The van der Waals surface area contributed by atoms with E-state index >= 15 is 0 Å². The summed E-state index contributed by atoms with van der Waals surface area (Å²) in [6, 6.07) is -0.729. The molecule has 4 bridgehead atoms. The summed E-state index contributed by atoms with van der Waals surface area (Å²) in [5.41, 5.74) is 5.96. The molecule has 3 N–H and O–H groups in total. The molecule has 6 fully saturated rings. The average Bonchev–Trinajstić information content (AvgIpc) is 3.15. The predicted molar refractivity (Wildman–Crippen MR) is 83.1 cm³/mol. The first-order chi connectivity index (χ1) is 11.0. The van der Waals surface area contributed by atoms with Crippen molar-refractivity contribution in [1.29, 1.82) is 0 Å². The molecule has 1 aliphatic heterocycles. The monoisotopic (exact) mass is 318 g/mol. The van der Waals surface area contributed by atoms with Gasteiger partial charge >= 0.3 is 0 Å². The van der Waals surface area contributed by atoms with Crippen molar-refractivity contribution in [2.45, 2.75) is 56.2 Å². The minimum absolute atomic E-state index is 0.0150. The van der Waals surface area contributed by atoms with Crippen molar-refractivity contribution >= 4 is 12.2 Å². The van der Waals surface area contributed by atoms with E-state index in [0.717, 1.165) is 51.4 Å². The average molecular weight is 318 g/mol. The summed E-state index contributed by atoms with van der Waals surface area (Å²) in [4.78, 5) is 26.1. The Balaban J connectivity index is 1.36. The highest BCUT2D eigenvalue weighted by molar-refractivity contribution is 5.86. The van der Waals surface area contributed by atoms with Crippen LogP contribution in [0.3, 0.4) is 0 Å². The van der Waals surface area contributed by atoms with Gasteiger partial charge in [-0.05, 0) is 74.0 Å². The summed E-state index contributed by atoms with van der Waals surface area (Å²) >= 11 is 0. The summed E-state index contributed by atoms with van der Waals surface area (Å²) in [6.45, 7) is 0.717. The molecule has 23 heavy (non-hydrogen) atoms. The van der Waals surface area contributed by atoms with Gasteiger partial charge in [-0.1, -0.05) is 0 Å². The lowest BCUT2D eigenvalue weighted by Gasteiger charge is -2.59. The second-order valence-corrected chi connectivity index (χ2v) is 9.07. The van der Waals surface area contributed by atoms with Crippen LogP contribution in [0, 0.1) is 35.5 Å². The van der Waals surface area contributed by atoms with E-state index in [1.54, 1.807) is 4.90 Å². The van der Waals surface area contributed by atoms with Gasteiger partial charge in [0, 0.05) is 6.54 Å². The molecule has 6 aliphatic rings. The second-order valence-electron chi connectivity index (χ2n) is 9.07. The normalized spacial score (nSPS) is 54.0. The highest BCUT2D eigenvalue weighted by Gasteiger charge is 2.59. The minimum atomic E-state index is -0.492. The number of piperidine rings is 1. The molecule has 0 aromatic rings. The van der Waals surface area contributed by atoms with Gasteiger partial charge in [0.15, 0.2) is 0 Å². The number of aldehydes is 1. The first-order valence-corrected chi connectivity index (χ1v) is 9.23. The molecule has 5 aliphatic carbocycles. The molecule has 6 unspecified atom stereocenters. The number of aliphatic hydroxyl groups is 1. The molecule has 5 saturated carbocycles. The topological polar surface area (TPSA) is 83.6 Å². The lowest BCUT2D eigenvalue weighted by Crippen LogP contribution is -2.62. The first kappa shape index (κ1) is 14.4. The summed E-state index contributed by atoms with van der Waals surface area (Å²) in [5, 5.41) is 10.7. The summed E-state index contributed by atoms with van der Waals surface area (Å²) < 4.78 is 0. The fourth-order valence-corrected chi connectivity index (χ4v) is 6.88. The number of nitrogens with zero attached hydrogens (tertiary/aromatic N) is 1. The quantitative estimate of drug-likeness (QED) is 0.744. The van der Waals surface area contributed by atoms with E-state index in [-0.39, 0.29) is 17.9 Å². The zero-order valence-electron chi connectivity index (χ0n) is 13.4. The second kappa shape index (κ2) is 4.57. The van der Waals surface area contributed by atoms with Crippen LogP contribution in [0.5, 0.6) is 0 Å². The number of likely N-dealkylation sites (tertiary alicyclic amines) is 1. The molecule has 1 heterocycles. The van der Waals surface area contributed by atoms with Crippen LogP contribution in [0.2, 0.25) is 0 Å². The Morgan fingerprint density at radius 3 is 2.48 bits per heavy atom. The van der Waals surface area contributed by atoms with Crippen molar-refractivity contribution in [3.8, 4) is 0 Å². The van der Waals surface area contributed by atoms with Crippen molar-refractivity contribution in [1.82, 2.24) is 4.90 Å². The van der Waals surface area contributed by atoms with E-state index in [0.29, 0.717) is 29.6 Å². The largest absolute Gasteiger partial charge is 0.390 e. The van der Waals surface area contributed by atoms with Gasteiger partial charge < -0.3 is 20.5 Å². The standard InChI is InChI=1S/C18H26N2O3/c19-16(17(22)20-7-12-3-13(12)14(20)8-21)15-10-1-9-2-11(15)6-18(23,4-9)5-10/h8-16,23H,1-7,19H2. The maximum Gasteiger partial charge on any atom is 0.240 e. The highest BCUT2D eigenvalue weighted by Crippen LogP contribution is 2.59. The number of amides is 1. The molecule has 6 rings (SSSR count). The van der Waals surface area contributed by atoms with E-state index in [2.05, 4.69) is 0 Å². The Morgan fingerprint density at radius 1 is 1.17 bits per heavy atom. The fraction of sp³-hybridized carbons (Fsp3) is 0.889. The molecule has 1 amide bonds. The Labute approximate surface area is 136 Å². The molecule has 126 valence electrons. The van der Waals surface area contributed by atoms with Crippen LogP contribution in [0.4, 0.5) is 0 Å². The third-order valence-electron chi connectivity index (χ3n) is 7.64. The first-order valence-electron chi connectivity index (χ1n) is 9.23. The number of hydrogen-bond acceptors (Lipinski definition) is 4. The van der Waals surface area contributed by atoms with Gasteiger partial charge in [0.2, 0.25) is 5.91 Å². The molecule has 0 spiro atoms.